The van der Waals surface area contributed by atoms with Crippen molar-refractivity contribution in [3.8, 4) is 0 Å². The Labute approximate surface area is 206 Å². The SMILES string of the molecule is CCC1=C(C(C)(C)OCCOC)C=C(NC(=O)C(C)(C)N(C)CC2CCOCC2)C2=C(C=C2)C1. The molecule has 1 heterocycles. The zero-order valence-electron chi connectivity index (χ0n) is 22.3. The molecule has 6 heteroatoms. The highest BCUT2D eigenvalue weighted by Gasteiger charge is 2.36. The van der Waals surface area contributed by atoms with Gasteiger partial charge in [0, 0.05) is 38.1 Å². The molecule has 0 radical (unpaired) electrons. The molecule has 0 aromatic carbocycles. The molecule has 0 atom stereocenters. The van der Waals surface area contributed by atoms with Crippen LogP contribution in [0.5, 0.6) is 0 Å². The quantitative estimate of drug-likeness (QED) is 0.447. The lowest BCUT2D eigenvalue weighted by atomic mass is 9.88. The standard InChI is InChI=1S/C28H44N2O4/c1-8-21-17-22-9-10-23(22)25(18-24(21)28(4,5)34-16-15-32-7)29-26(31)27(2,3)30(6)19-20-11-13-33-14-12-20/h9-10,18,20H,8,11-17,19H2,1-7H3,(H,29,31). The van der Waals surface area contributed by atoms with E-state index in [1.54, 1.807) is 7.11 Å². The second kappa shape index (κ2) is 11.3. The van der Waals surface area contributed by atoms with E-state index in [2.05, 4.69) is 56.3 Å². The fourth-order valence-corrected chi connectivity index (χ4v) is 4.82. The molecule has 0 unspecified atom stereocenters. The highest BCUT2D eigenvalue weighted by atomic mass is 16.5. The Morgan fingerprint density at radius 2 is 1.88 bits per heavy atom. The Morgan fingerprint density at radius 1 is 1.18 bits per heavy atom. The molecule has 0 saturated carbocycles. The van der Waals surface area contributed by atoms with Crippen LogP contribution in [0.4, 0.5) is 0 Å². The number of carbonyl (C=O) groups is 1. The summed E-state index contributed by atoms with van der Waals surface area (Å²) in [6, 6.07) is 0. The Kier molecular flexibility index (Phi) is 8.96. The fourth-order valence-electron chi connectivity index (χ4n) is 4.82. The van der Waals surface area contributed by atoms with E-state index in [0.717, 1.165) is 62.3 Å². The average molecular weight is 473 g/mol. The van der Waals surface area contributed by atoms with Gasteiger partial charge in [-0.05, 0) is 83.6 Å². The van der Waals surface area contributed by atoms with Crippen molar-refractivity contribution in [1.29, 1.82) is 0 Å². The van der Waals surface area contributed by atoms with Gasteiger partial charge < -0.3 is 19.5 Å². The van der Waals surface area contributed by atoms with Crippen molar-refractivity contribution in [1.82, 2.24) is 10.2 Å². The van der Waals surface area contributed by atoms with Crippen LogP contribution in [0.2, 0.25) is 0 Å². The number of nitrogens with one attached hydrogen (secondary N) is 1. The number of methoxy groups -OCH3 is 1. The van der Waals surface area contributed by atoms with Crippen LogP contribution in [0.25, 0.3) is 0 Å². The second-order valence-electron chi connectivity index (χ2n) is 10.7. The minimum atomic E-state index is -0.637. The third-order valence-electron chi connectivity index (χ3n) is 7.62. The summed E-state index contributed by atoms with van der Waals surface area (Å²) < 4.78 is 16.9. The van der Waals surface area contributed by atoms with Gasteiger partial charge >= 0.3 is 0 Å². The van der Waals surface area contributed by atoms with Crippen molar-refractivity contribution < 1.29 is 19.0 Å². The molecule has 1 saturated heterocycles. The summed E-state index contributed by atoms with van der Waals surface area (Å²) in [4.78, 5) is 15.8. The Balaban J connectivity index is 1.81. The van der Waals surface area contributed by atoms with Crippen LogP contribution in [0, 0.1) is 5.92 Å². The van der Waals surface area contributed by atoms with Crippen LogP contribution in [0.15, 0.2) is 46.2 Å². The van der Waals surface area contributed by atoms with Gasteiger partial charge in [-0.3, -0.25) is 9.69 Å². The maximum absolute atomic E-state index is 13.6. The van der Waals surface area contributed by atoms with Crippen LogP contribution >= 0.6 is 0 Å². The molecule has 2 aliphatic carbocycles. The molecule has 0 aromatic heterocycles. The van der Waals surface area contributed by atoms with Gasteiger partial charge in [0.2, 0.25) is 5.91 Å². The molecule has 1 amide bonds. The van der Waals surface area contributed by atoms with Crippen LogP contribution in [-0.4, -0.2) is 69.1 Å². The zero-order valence-corrected chi connectivity index (χ0v) is 22.3. The summed E-state index contributed by atoms with van der Waals surface area (Å²) in [5, 5.41) is 3.30. The van der Waals surface area contributed by atoms with Crippen molar-refractivity contribution in [2.45, 2.75) is 71.4 Å². The number of allylic oxidation sites excluding steroid dienone is 4. The first-order valence-electron chi connectivity index (χ1n) is 12.7. The van der Waals surface area contributed by atoms with Gasteiger partial charge in [-0.25, -0.2) is 0 Å². The molecule has 190 valence electrons. The molecule has 1 N–H and O–H groups in total. The summed E-state index contributed by atoms with van der Waals surface area (Å²) >= 11 is 0. The Hall–Kier alpha value is -1.73. The van der Waals surface area contributed by atoms with Crippen LogP contribution in [0.3, 0.4) is 0 Å². The van der Waals surface area contributed by atoms with Crippen molar-refractivity contribution in [2.24, 2.45) is 5.92 Å². The van der Waals surface area contributed by atoms with Crippen molar-refractivity contribution in [3.63, 3.8) is 0 Å². The van der Waals surface area contributed by atoms with Gasteiger partial charge in [0.25, 0.3) is 0 Å². The normalized spacial score (nSPS) is 19.7. The minimum absolute atomic E-state index is 0.0119. The van der Waals surface area contributed by atoms with Gasteiger partial charge in [-0.2, -0.15) is 0 Å². The lowest BCUT2D eigenvalue weighted by molar-refractivity contribution is -0.130. The predicted molar refractivity (Wildman–Crippen MR) is 136 cm³/mol. The molecular weight excluding hydrogens is 428 g/mol. The summed E-state index contributed by atoms with van der Waals surface area (Å²) in [6.45, 7) is 14.0. The molecule has 0 aromatic rings. The second-order valence-corrected chi connectivity index (χ2v) is 10.7. The van der Waals surface area contributed by atoms with Gasteiger partial charge in [-0.1, -0.05) is 24.6 Å². The molecule has 1 fully saturated rings. The van der Waals surface area contributed by atoms with Crippen LogP contribution in [-0.2, 0) is 19.0 Å². The lowest BCUT2D eigenvalue weighted by Gasteiger charge is -2.38. The molecule has 6 nitrogen and oxygen atoms in total. The Morgan fingerprint density at radius 3 is 2.47 bits per heavy atom. The van der Waals surface area contributed by atoms with E-state index < -0.39 is 11.1 Å². The summed E-state index contributed by atoms with van der Waals surface area (Å²) in [6.07, 6.45) is 10.3. The maximum atomic E-state index is 13.6. The molecule has 0 spiro atoms. The summed E-state index contributed by atoms with van der Waals surface area (Å²) in [5.41, 5.74) is 4.65. The first-order valence-corrected chi connectivity index (χ1v) is 12.7. The first-order chi connectivity index (χ1) is 16.1. The number of hydrogen-bond donors (Lipinski definition) is 1. The van der Waals surface area contributed by atoms with Gasteiger partial charge in [0.15, 0.2) is 0 Å². The number of amides is 1. The smallest absolute Gasteiger partial charge is 0.244 e. The van der Waals surface area contributed by atoms with E-state index in [-0.39, 0.29) is 5.91 Å². The fraction of sp³-hybridized carbons (Fsp3) is 0.679. The van der Waals surface area contributed by atoms with E-state index in [0.29, 0.717) is 19.1 Å². The van der Waals surface area contributed by atoms with Crippen LogP contribution in [0.1, 0.15) is 60.3 Å². The summed E-state index contributed by atoms with van der Waals surface area (Å²) in [7, 11) is 3.74. The van der Waals surface area contributed by atoms with E-state index in [1.807, 2.05) is 13.8 Å². The Bertz CT molecular complexity index is 873. The first kappa shape index (κ1) is 26.9. The maximum Gasteiger partial charge on any atom is 0.244 e. The van der Waals surface area contributed by atoms with Gasteiger partial charge in [0.05, 0.1) is 24.4 Å². The monoisotopic (exact) mass is 472 g/mol. The molecule has 0 bridgehead atoms. The average Bonchev–Trinajstić information content (AvgIpc) is 2.88. The molecule has 1 aliphatic heterocycles. The van der Waals surface area contributed by atoms with Crippen molar-refractivity contribution in [2.75, 3.05) is 47.1 Å². The van der Waals surface area contributed by atoms with E-state index >= 15 is 0 Å². The zero-order chi connectivity index (χ0) is 24.9. The predicted octanol–water partition coefficient (Wildman–Crippen LogP) is 4.54. The number of rotatable bonds is 11. The number of likely N-dealkylation sites (N-methyl/N-ethyl adjacent to an activating group) is 1. The molecule has 34 heavy (non-hydrogen) atoms. The summed E-state index contributed by atoms with van der Waals surface area (Å²) in [5.74, 6) is 0.580. The number of ether oxygens (including phenoxy) is 3. The van der Waals surface area contributed by atoms with Gasteiger partial charge in [-0.15, -0.1) is 0 Å². The largest absolute Gasteiger partial charge is 0.382 e. The highest BCUT2D eigenvalue weighted by molar-refractivity contribution is 5.88. The van der Waals surface area contributed by atoms with Gasteiger partial charge in [0.1, 0.15) is 0 Å². The minimum Gasteiger partial charge on any atom is -0.382 e. The third-order valence-corrected chi connectivity index (χ3v) is 7.62. The van der Waals surface area contributed by atoms with E-state index in [4.69, 9.17) is 14.2 Å². The number of nitrogens with zero attached hydrogens (tertiary/aromatic N) is 1. The van der Waals surface area contributed by atoms with Crippen molar-refractivity contribution >= 4 is 5.91 Å². The van der Waals surface area contributed by atoms with Crippen LogP contribution < -0.4 is 5.32 Å². The number of carbonyl (C=O) groups excluding carboxylic acids is 1. The topological polar surface area (TPSA) is 60.0 Å². The number of hydrogen-bond acceptors (Lipinski definition) is 5. The molecule has 3 aliphatic rings. The molecular formula is C28H44N2O4. The molecule has 3 rings (SSSR count). The van der Waals surface area contributed by atoms with E-state index in [1.165, 1.54) is 11.1 Å². The third kappa shape index (κ3) is 6.09. The van der Waals surface area contributed by atoms with E-state index in [9.17, 15) is 4.79 Å². The lowest BCUT2D eigenvalue weighted by Crippen LogP contribution is -2.54. The van der Waals surface area contributed by atoms with Crippen molar-refractivity contribution in [3.05, 3.63) is 46.2 Å². The highest BCUT2D eigenvalue weighted by Crippen LogP contribution is 2.39.